The summed E-state index contributed by atoms with van der Waals surface area (Å²) >= 11 is 3.15. The average molecular weight is 321 g/mol. The number of rotatable bonds is 1. The van der Waals surface area contributed by atoms with Gasteiger partial charge in [-0.1, -0.05) is 0 Å². The molecule has 0 atom stereocenters. The number of carbonyl (C=O) groups excluding carboxylic acids is 2. The Balaban J connectivity index is 2.14. The Kier molecular flexibility index (Phi) is 2.67. The minimum atomic E-state index is -0.507. The van der Waals surface area contributed by atoms with Gasteiger partial charge in [-0.25, -0.2) is 9.29 Å². The van der Waals surface area contributed by atoms with Crippen LogP contribution in [0.25, 0.3) is 0 Å². The van der Waals surface area contributed by atoms with Crippen molar-refractivity contribution >= 4 is 33.4 Å². The molecule has 2 amide bonds. The monoisotopic (exact) mass is 320 g/mol. The molecule has 94 valence electrons. The lowest BCUT2D eigenvalue weighted by Gasteiger charge is -2.15. The predicted octanol–water partition coefficient (Wildman–Crippen LogP) is 2.78. The third kappa shape index (κ3) is 1.76. The highest BCUT2D eigenvalue weighted by atomic mass is 79.9. The number of amides is 2. The van der Waals surface area contributed by atoms with Crippen molar-refractivity contribution in [3.63, 3.8) is 0 Å². The molecule has 1 aliphatic heterocycles. The van der Waals surface area contributed by atoms with Gasteiger partial charge in [-0.15, -0.1) is 0 Å². The van der Waals surface area contributed by atoms with Gasteiger partial charge < -0.3 is 0 Å². The Bertz CT molecular complexity index is 683. The fourth-order valence-corrected chi connectivity index (χ4v) is 2.48. The Labute approximate surface area is 116 Å². The summed E-state index contributed by atoms with van der Waals surface area (Å²) in [5, 5.41) is 0. The highest BCUT2D eigenvalue weighted by molar-refractivity contribution is 9.10. The van der Waals surface area contributed by atoms with Gasteiger partial charge in [-0.3, -0.25) is 14.6 Å². The predicted molar refractivity (Wildman–Crippen MR) is 69.5 cm³/mol. The molecule has 0 bridgehead atoms. The number of anilines is 1. The minimum absolute atomic E-state index is 0.115. The zero-order valence-corrected chi connectivity index (χ0v) is 11.0. The molecule has 0 radical (unpaired) electrons. The molecule has 0 fully saturated rings. The normalized spacial score (nSPS) is 13.9. The van der Waals surface area contributed by atoms with Crippen LogP contribution in [0.15, 0.2) is 41.0 Å². The van der Waals surface area contributed by atoms with E-state index in [1.54, 1.807) is 12.1 Å². The van der Waals surface area contributed by atoms with E-state index in [2.05, 4.69) is 20.9 Å². The second kappa shape index (κ2) is 4.24. The second-order valence-corrected chi connectivity index (χ2v) is 4.80. The van der Waals surface area contributed by atoms with E-state index in [0.717, 1.165) is 4.90 Å². The van der Waals surface area contributed by atoms with Gasteiger partial charge in [-0.05, 0) is 46.3 Å². The molecule has 2 heterocycles. The standard InChI is InChI=1S/C13H6BrFN2O2/c14-9-6-7(15)3-4-10(9)17-12(18)8-2-1-5-16-11(8)13(17)19/h1-6H. The number of nitrogens with zero attached hydrogens (tertiary/aromatic N) is 2. The molecule has 0 N–H and O–H groups in total. The van der Waals surface area contributed by atoms with Crippen molar-refractivity contribution in [1.29, 1.82) is 0 Å². The summed E-state index contributed by atoms with van der Waals surface area (Å²) < 4.78 is 13.4. The Hall–Kier alpha value is -2.08. The Morgan fingerprint density at radius 1 is 1.16 bits per heavy atom. The molecule has 0 spiro atoms. The van der Waals surface area contributed by atoms with Gasteiger partial charge in [-0.2, -0.15) is 0 Å². The largest absolute Gasteiger partial charge is 0.284 e. The number of benzene rings is 1. The van der Waals surface area contributed by atoms with Crippen molar-refractivity contribution in [2.75, 3.05) is 4.90 Å². The summed E-state index contributed by atoms with van der Waals surface area (Å²) in [6.07, 6.45) is 1.45. The van der Waals surface area contributed by atoms with Gasteiger partial charge in [0.25, 0.3) is 11.8 Å². The van der Waals surface area contributed by atoms with Gasteiger partial charge in [0, 0.05) is 10.7 Å². The highest BCUT2D eigenvalue weighted by Gasteiger charge is 2.38. The summed E-state index contributed by atoms with van der Waals surface area (Å²) in [4.78, 5) is 29.3. The van der Waals surface area contributed by atoms with E-state index in [4.69, 9.17) is 0 Å². The maximum atomic E-state index is 13.1. The first-order chi connectivity index (χ1) is 9.09. The van der Waals surface area contributed by atoms with E-state index in [1.807, 2.05) is 0 Å². The first-order valence-electron chi connectivity index (χ1n) is 5.38. The maximum absolute atomic E-state index is 13.1. The van der Waals surface area contributed by atoms with Crippen LogP contribution in [0.2, 0.25) is 0 Å². The topological polar surface area (TPSA) is 50.3 Å². The molecular weight excluding hydrogens is 315 g/mol. The number of hydrogen-bond donors (Lipinski definition) is 0. The van der Waals surface area contributed by atoms with E-state index in [1.165, 1.54) is 24.4 Å². The summed E-state index contributed by atoms with van der Waals surface area (Å²) in [5.74, 6) is -1.42. The maximum Gasteiger partial charge on any atom is 0.284 e. The van der Waals surface area contributed by atoms with Crippen LogP contribution in [-0.2, 0) is 0 Å². The van der Waals surface area contributed by atoms with Gasteiger partial charge in [0.05, 0.1) is 11.3 Å². The molecule has 6 heteroatoms. The van der Waals surface area contributed by atoms with Crippen molar-refractivity contribution < 1.29 is 14.0 Å². The van der Waals surface area contributed by atoms with Crippen LogP contribution in [-0.4, -0.2) is 16.8 Å². The van der Waals surface area contributed by atoms with Crippen LogP contribution in [0.1, 0.15) is 20.8 Å². The van der Waals surface area contributed by atoms with Crippen molar-refractivity contribution in [1.82, 2.24) is 4.98 Å². The fraction of sp³-hybridized carbons (Fsp3) is 0. The lowest BCUT2D eigenvalue weighted by Crippen LogP contribution is -2.29. The van der Waals surface area contributed by atoms with Crippen molar-refractivity contribution in [3.8, 4) is 0 Å². The number of carbonyl (C=O) groups is 2. The number of aromatic nitrogens is 1. The Morgan fingerprint density at radius 3 is 2.63 bits per heavy atom. The number of hydrogen-bond acceptors (Lipinski definition) is 3. The highest BCUT2D eigenvalue weighted by Crippen LogP contribution is 2.32. The molecule has 0 unspecified atom stereocenters. The van der Waals surface area contributed by atoms with Crippen LogP contribution in [0.3, 0.4) is 0 Å². The molecule has 19 heavy (non-hydrogen) atoms. The SMILES string of the molecule is O=C1c2cccnc2C(=O)N1c1ccc(F)cc1Br. The van der Waals surface area contributed by atoms with Crippen molar-refractivity contribution in [2.45, 2.75) is 0 Å². The van der Waals surface area contributed by atoms with E-state index in [-0.39, 0.29) is 11.3 Å². The summed E-state index contributed by atoms with van der Waals surface area (Å²) in [7, 11) is 0. The molecular formula is C13H6BrFN2O2. The molecule has 0 aliphatic carbocycles. The molecule has 3 rings (SSSR count). The Morgan fingerprint density at radius 2 is 1.95 bits per heavy atom. The van der Waals surface area contributed by atoms with E-state index < -0.39 is 17.6 Å². The van der Waals surface area contributed by atoms with Gasteiger partial charge in [0.15, 0.2) is 0 Å². The molecule has 2 aromatic rings. The van der Waals surface area contributed by atoms with Crippen molar-refractivity contribution in [3.05, 3.63) is 58.1 Å². The van der Waals surface area contributed by atoms with E-state index in [9.17, 15) is 14.0 Å². The minimum Gasteiger partial charge on any atom is -0.268 e. The van der Waals surface area contributed by atoms with E-state index >= 15 is 0 Å². The van der Waals surface area contributed by atoms with E-state index in [0.29, 0.717) is 10.2 Å². The first-order valence-corrected chi connectivity index (χ1v) is 6.18. The third-order valence-corrected chi connectivity index (χ3v) is 3.43. The zero-order chi connectivity index (χ0) is 13.6. The van der Waals surface area contributed by atoms with Crippen LogP contribution in [0, 0.1) is 5.82 Å². The number of halogens is 2. The molecule has 1 aromatic heterocycles. The molecule has 1 aliphatic rings. The lowest BCUT2D eigenvalue weighted by molar-refractivity contribution is 0.0924. The van der Waals surface area contributed by atoms with Crippen LogP contribution < -0.4 is 4.90 Å². The van der Waals surface area contributed by atoms with Gasteiger partial charge in [0.1, 0.15) is 11.5 Å². The zero-order valence-electron chi connectivity index (χ0n) is 9.43. The van der Waals surface area contributed by atoms with Gasteiger partial charge >= 0.3 is 0 Å². The quantitative estimate of drug-likeness (QED) is 0.759. The molecule has 4 nitrogen and oxygen atoms in total. The summed E-state index contributed by atoms with van der Waals surface area (Å²) in [6.45, 7) is 0. The third-order valence-electron chi connectivity index (χ3n) is 2.80. The summed E-state index contributed by atoms with van der Waals surface area (Å²) in [6, 6.07) is 6.90. The smallest absolute Gasteiger partial charge is 0.268 e. The van der Waals surface area contributed by atoms with Crippen molar-refractivity contribution in [2.24, 2.45) is 0 Å². The van der Waals surface area contributed by atoms with Crippen LogP contribution in [0.4, 0.5) is 10.1 Å². The number of fused-ring (bicyclic) bond motifs is 1. The molecule has 0 saturated carbocycles. The summed E-state index contributed by atoms with van der Waals surface area (Å²) in [5.41, 5.74) is 0.668. The van der Waals surface area contributed by atoms with Crippen LogP contribution in [0.5, 0.6) is 0 Å². The van der Waals surface area contributed by atoms with Crippen LogP contribution >= 0.6 is 15.9 Å². The fourth-order valence-electron chi connectivity index (χ4n) is 1.95. The first kappa shape index (κ1) is 12.0. The second-order valence-electron chi connectivity index (χ2n) is 3.94. The number of imide groups is 1. The molecule has 0 saturated heterocycles. The molecule has 1 aromatic carbocycles. The number of pyridine rings is 1. The van der Waals surface area contributed by atoms with Gasteiger partial charge in [0.2, 0.25) is 0 Å². The average Bonchev–Trinajstić information content (AvgIpc) is 2.64. The lowest BCUT2D eigenvalue weighted by atomic mass is 10.2.